The van der Waals surface area contributed by atoms with Gasteiger partial charge in [0.1, 0.15) is 15.6 Å². The van der Waals surface area contributed by atoms with Crippen LogP contribution < -0.4 is 0 Å². The molecule has 0 radical (unpaired) electrons. The molecule has 0 bridgehead atoms. The third-order valence-corrected chi connectivity index (χ3v) is 3.75. The number of sulfone groups is 1. The summed E-state index contributed by atoms with van der Waals surface area (Å²) in [5.41, 5.74) is 0. The molecule has 0 heterocycles. The van der Waals surface area contributed by atoms with Crippen LogP contribution in [0, 0.1) is 5.92 Å². The summed E-state index contributed by atoms with van der Waals surface area (Å²) in [7, 11) is -2.89. The summed E-state index contributed by atoms with van der Waals surface area (Å²) < 4.78 is 22.1. The van der Waals surface area contributed by atoms with Gasteiger partial charge in [-0.1, -0.05) is 20.8 Å². The Morgan fingerprint density at radius 1 is 1.31 bits per heavy atom. The molecule has 0 atom stereocenters. The van der Waals surface area contributed by atoms with Crippen LogP contribution in [0.4, 0.5) is 0 Å². The van der Waals surface area contributed by atoms with Gasteiger partial charge in [-0.25, -0.2) is 8.42 Å². The Morgan fingerprint density at radius 2 is 1.85 bits per heavy atom. The van der Waals surface area contributed by atoms with Gasteiger partial charge in [0.25, 0.3) is 0 Å². The first kappa shape index (κ1) is 12.6. The van der Waals surface area contributed by atoms with Gasteiger partial charge in [0.2, 0.25) is 0 Å². The molecule has 0 saturated heterocycles. The maximum atomic E-state index is 11.1. The van der Waals surface area contributed by atoms with Gasteiger partial charge < -0.3 is 0 Å². The third kappa shape index (κ3) is 5.80. The monoisotopic (exact) mass is 206 g/mol. The summed E-state index contributed by atoms with van der Waals surface area (Å²) in [5, 5.41) is 0. The summed E-state index contributed by atoms with van der Waals surface area (Å²) in [6.45, 7) is 5.28. The van der Waals surface area contributed by atoms with Gasteiger partial charge in [0.05, 0.1) is 5.75 Å². The molecule has 0 unspecified atom stereocenters. The van der Waals surface area contributed by atoms with Gasteiger partial charge in [-0.15, -0.1) is 0 Å². The van der Waals surface area contributed by atoms with Crippen LogP contribution in [0.15, 0.2) is 0 Å². The van der Waals surface area contributed by atoms with E-state index < -0.39 is 9.84 Å². The number of carbonyl (C=O) groups is 1. The second-order valence-corrected chi connectivity index (χ2v) is 5.93. The summed E-state index contributed by atoms with van der Waals surface area (Å²) >= 11 is 0. The quantitative estimate of drug-likeness (QED) is 0.660. The fraction of sp³-hybridized carbons (Fsp3) is 0.889. The molecule has 78 valence electrons. The minimum absolute atomic E-state index is 0.0179. The SMILES string of the molecule is CCS(=O)(=O)CCCC(=O)C(C)C. The number of hydrogen-bond donors (Lipinski definition) is 0. The molecule has 0 amide bonds. The van der Waals surface area contributed by atoms with E-state index in [1.54, 1.807) is 6.92 Å². The van der Waals surface area contributed by atoms with Gasteiger partial charge in [-0.3, -0.25) is 4.79 Å². The van der Waals surface area contributed by atoms with Crippen molar-refractivity contribution < 1.29 is 13.2 Å². The highest BCUT2D eigenvalue weighted by molar-refractivity contribution is 7.91. The van der Waals surface area contributed by atoms with Crippen molar-refractivity contribution in [2.75, 3.05) is 11.5 Å². The molecule has 0 fully saturated rings. The van der Waals surface area contributed by atoms with Crippen molar-refractivity contribution in [3.05, 3.63) is 0 Å². The number of Topliss-reactive ketones (excluding diaryl/α,β-unsaturated/α-hetero) is 1. The highest BCUT2D eigenvalue weighted by Crippen LogP contribution is 2.04. The molecule has 0 aromatic carbocycles. The smallest absolute Gasteiger partial charge is 0.150 e. The molecule has 3 nitrogen and oxygen atoms in total. The van der Waals surface area contributed by atoms with Crippen molar-refractivity contribution in [3.8, 4) is 0 Å². The molecular formula is C9H18O3S. The van der Waals surface area contributed by atoms with Crippen LogP contribution in [0.1, 0.15) is 33.6 Å². The van der Waals surface area contributed by atoms with Crippen LogP contribution in [0.3, 0.4) is 0 Å². The number of carbonyl (C=O) groups excluding carboxylic acids is 1. The zero-order chi connectivity index (χ0) is 10.5. The maximum absolute atomic E-state index is 11.1. The van der Waals surface area contributed by atoms with Crippen LogP contribution in [-0.4, -0.2) is 25.7 Å². The van der Waals surface area contributed by atoms with E-state index in [4.69, 9.17) is 0 Å². The second-order valence-electron chi connectivity index (χ2n) is 3.46. The zero-order valence-electron chi connectivity index (χ0n) is 8.54. The lowest BCUT2D eigenvalue weighted by Crippen LogP contribution is -2.12. The molecular weight excluding hydrogens is 188 g/mol. The first-order valence-electron chi connectivity index (χ1n) is 4.62. The Morgan fingerprint density at radius 3 is 2.23 bits per heavy atom. The highest BCUT2D eigenvalue weighted by Gasteiger charge is 2.10. The van der Waals surface area contributed by atoms with Crippen LogP contribution in [0.5, 0.6) is 0 Å². The van der Waals surface area contributed by atoms with E-state index in [-0.39, 0.29) is 23.2 Å². The molecule has 0 aromatic heterocycles. The van der Waals surface area contributed by atoms with Gasteiger partial charge in [0, 0.05) is 18.1 Å². The van der Waals surface area contributed by atoms with Crippen LogP contribution in [0.2, 0.25) is 0 Å². The Hall–Kier alpha value is -0.380. The minimum atomic E-state index is -2.89. The van der Waals surface area contributed by atoms with E-state index >= 15 is 0 Å². The van der Waals surface area contributed by atoms with Gasteiger partial charge in [-0.05, 0) is 6.42 Å². The predicted molar refractivity (Wildman–Crippen MR) is 53.4 cm³/mol. The van der Waals surface area contributed by atoms with E-state index in [2.05, 4.69) is 0 Å². The first-order valence-corrected chi connectivity index (χ1v) is 6.44. The molecule has 0 aliphatic carbocycles. The average Bonchev–Trinajstić information content (AvgIpc) is 2.04. The van der Waals surface area contributed by atoms with Crippen molar-refractivity contribution in [2.24, 2.45) is 5.92 Å². The molecule has 13 heavy (non-hydrogen) atoms. The lowest BCUT2D eigenvalue weighted by molar-refractivity contribution is -0.121. The van der Waals surface area contributed by atoms with E-state index in [9.17, 15) is 13.2 Å². The number of rotatable bonds is 6. The Kier molecular flexibility index (Phi) is 5.21. The van der Waals surface area contributed by atoms with Crippen LogP contribution in [0.25, 0.3) is 0 Å². The average molecular weight is 206 g/mol. The molecule has 0 spiro atoms. The lowest BCUT2D eigenvalue weighted by atomic mass is 10.1. The van der Waals surface area contributed by atoms with E-state index in [1.807, 2.05) is 13.8 Å². The number of hydrogen-bond acceptors (Lipinski definition) is 3. The Balaban J connectivity index is 3.76. The maximum Gasteiger partial charge on any atom is 0.150 e. The largest absolute Gasteiger partial charge is 0.299 e. The molecule has 0 aromatic rings. The zero-order valence-corrected chi connectivity index (χ0v) is 9.36. The topological polar surface area (TPSA) is 51.2 Å². The summed E-state index contributed by atoms with van der Waals surface area (Å²) in [5.74, 6) is 0.473. The van der Waals surface area contributed by atoms with Gasteiger partial charge in [0.15, 0.2) is 0 Å². The summed E-state index contributed by atoms with van der Waals surface area (Å²) in [4.78, 5) is 11.1. The molecule has 0 saturated carbocycles. The van der Waals surface area contributed by atoms with E-state index in [0.717, 1.165) is 0 Å². The Bertz CT molecular complexity index is 252. The van der Waals surface area contributed by atoms with Crippen molar-refractivity contribution in [1.29, 1.82) is 0 Å². The van der Waals surface area contributed by atoms with Gasteiger partial charge >= 0.3 is 0 Å². The normalized spacial score (nSPS) is 12.0. The van der Waals surface area contributed by atoms with Gasteiger partial charge in [-0.2, -0.15) is 0 Å². The molecule has 0 aliphatic heterocycles. The van der Waals surface area contributed by atoms with E-state index in [1.165, 1.54) is 0 Å². The van der Waals surface area contributed by atoms with E-state index in [0.29, 0.717) is 12.8 Å². The third-order valence-electron chi connectivity index (χ3n) is 1.96. The summed E-state index contributed by atoms with van der Waals surface area (Å²) in [6, 6.07) is 0. The fourth-order valence-electron chi connectivity index (χ4n) is 0.899. The van der Waals surface area contributed by atoms with Crippen molar-refractivity contribution in [3.63, 3.8) is 0 Å². The van der Waals surface area contributed by atoms with Crippen molar-refractivity contribution >= 4 is 15.6 Å². The fourth-order valence-corrected chi connectivity index (χ4v) is 1.77. The summed E-state index contributed by atoms with van der Waals surface area (Å²) in [6.07, 6.45) is 0.851. The minimum Gasteiger partial charge on any atom is -0.299 e. The molecule has 0 aliphatic rings. The standard InChI is InChI=1S/C9H18O3S/c1-4-13(11,12)7-5-6-9(10)8(2)3/h8H,4-7H2,1-3H3. The first-order chi connectivity index (χ1) is 5.89. The lowest BCUT2D eigenvalue weighted by Gasteiger charge is -2.03. The van der Waals surface area contributed by atoms with Crippen LogP contribution >= 0.6 is 0 Å². The molecule has 4 heteroatoms. The second kappa shape index (κ2) is 5.37. The Labute approximate surface area is 80.4 Å². The highest BCUT2D eigenvalue weighted by atomic mass is 32.2. The van der Waals surface area contributed by atoms with Crippen molar-refractivity contribution in [2.45, 2.75) is 33.6 Å². The van der Waals surface area contributed by atoms with Crippen LogP contribution in [-0.2, 0) is 14.6 Å². The predicted octanol–water partition coefficient (Wildman–Crippen LogP) is 1.43. The molecule has 0 N–H and O–H groups in total. The van der Waals surface area contributed by atoms with Crippen molar-refractivity contribution in [1.82, 2.24) is 0 Å². The molecule has 0 rings (SSSR count). The number of ketones is 1.